The highest BCUT2D eigenvalue weighted by molar-refractivity contribution is 6.01. The van der Waals surface area contributed by atoms with Crippen LogP contribution in [-0.2, 0) is 11.2 Å². The van der Waals surface area contributed by atoms with E-state index in [1.807, 2.05) is 0 Å². The van der Waals surface area contributed by atoms with Crippen molar-refractivity contribution in [2.75, 3.05) is 5.32 Å². The number of hydrogen-bond donors (Lipinski definition) is 2. The Bertz CT molecular complexity index is 644. The zero-order valence-corrected chi connectivity index (χ0v) is 10.3. The number of nitrogens with one attached hydrogen (secondary N) is 1. The number of halogens is 1. The first-order valence-corrected chi connectivity index (χ1v) is 5.78. The summed E-state index contributed by atoms with van der Waals surface area (Å²) in [6.07, 6.45) is 3.14. The standard InChI is InChI=1S/C14H11FN2O3/c15-10-4-1-5-11(13(10)14(19)20)17-12(18)7-9-3-2-6-16-8-9/h1-6,8H,7H2,(H,17,18)(H,19,20). The second kappa shape index (κ2) is 5.92. The Balaban J connectivity index is 2.16. The summed E-state index contributed by atoms with van der Waals surface area (Å²) in [5, 5.41) is 11.3. The molecule has 5 nitrogen and oxygen atoms in total. The highest BCUT2D eigenvalue weighted by atomic mass is 19.1. The normalized spacial score (nSPS) is 10.1. The molecule has 0 bridgehead atoms. The third kappa shape index (κ3) is 3.17. The molecule has 2 aromatic rings. The van der Waals surface area contributed by atoms with Crippen LogP contribution < -0.4 is 5.32 Å². The number of benzene rings is 1. The highest BCUT2D eigenvalue weighted by Gasteiger charge is 2.17. The van der Waals surface area contributed by atoms with Gasteiger partial charge in [0.2, 0.25) is 5.91 Å². The molecule has 0 aliphatic rings. The van der Waals surface area contributed by atoms with Crippen LogP contribution in [0.4, 0.5) is 10.1 Å². The maximum Gasteiger partial charge on any atom is 0.340 e. The SMILES string of the molecule is O=C(Cc1cccnc1)Nc1cccc(F)c1C(=O)O. The van der Waals surface area contributed by atoms with Crippen LogP contribution in [0.3, 0.4) is 0 Å². The largest absolute Gasteiger partial charge is 0.478 e. The fraction of sp³-hybridized carbons (Fsp3) is 0.0714. The summed E-state index contributed by atoms with van der Waals surface area (Å²) in [4.78, 5) is 26.7. The monoisotopic (exact) mass is 274 g/mol. The molecule has 0 atom stereocenters. The summed E-state index contributed by atoms with van der Waals surface area (Å²) < 4.78 is 13.4. The lowest BCUT2D eigenvalue weighted by Gasteiger charge is -2.09. The topological polar surface area (TPSA) is 79.3 Å². The van der Waals surface area contributed by atoms with Gasteiger partial charge in [-0.3, -0.25) is 9.78 Å². The smallest absolute Gasteiger partial charge is 0.340 e. The van der Waals surface area contributed by atoms with E-state index in [4.69, 9.17) is 5.11 Å². The van der Waals surface area contributed by atoms with Gasteiger partial charge in [0.05, 0.1) is 12.1 Å². The first-order chi connectivity index (χ1) is 9.58. The Hall–Kier alpha value is -2.76. The average Bonchev–Trinajstić information content (AvgIpc) is 2.39. The summed E-state index contributed by atoms with van der Waals surface area (Å²) >= 11 is 0. The van der Waals surface area contributed by atoms with Crippen molar-refractivity contribution >= 4 is 17.6 Å². The molecule has 0 saturated carbocycles. The van der Waals surface area contributed by atoms with Crippen molar-refractivity contribution < 1.29 is 19.1 Å². The zero-order valence-electron chi connectivity index (χ0n) is 10.3. The molecule has 0 spiro atoms. The van der Waals surface area contributed by atoms with Crippen molar-refractivity contribution in [2.45, 2.75) is 6.42 Å². The number of rotatable bonds is 4. The summed E-state index contributed by atoms with van der Waals surface area (Å²) in [7, 11) is 0. The molecular weight excluding hydrogens is 263 g/mol. The molecule has 20 heavy (non-hydrogen) atoms. The van der Waals surface area contributed by atoms with E-state index in [1.54, 1.807) is 18.3 Å². The van der Waals surface area contributed by atoms with Crippen LogP contribution in [0, 0.1) is 5.82 Å². The number of aromatic nitrogens is 1. The van der Waals surface area contributed by atoms with Gasteiger partial charge in [0, 0.05) is 12.4 Å². The van der Waals surface area contributed by atoms with Crippen LogP contribution in [0.25, 0.3) is 0 Å². The minimum Gasteiger partial charge on any atom is -0.478 e. The van der Waals surface area contributed by atoms with Gasteiger partial charge in [0.15, 0.2) is 0 Å². The van der Waals surface area contributed by atoms with Gasteiger partial charge < -0.3 is 10.4 Å². The molecule has 0 aliphatic heterocycles. The van der Waals surface area contributed by atoms with Gasteiger partial charge in [-0.05, 0) is 23.8 Å². The molecule has 1 aromatic carbocycles. The van der Waals surface area contributed by atoms with Crippen LogP contribution in [-0.4, -0.2) is 22.0 Å². The average molecular weight is 274 g/mol. The van der Waals surface area contributed by atoms with Crippen LogP contribution in [0.5, 0.6) is 0 Å². The van der Waals surface area contributed by atoms with E-state index in [0.29, 0.717) is 5.56 Å². The molecule has 1 amide bonds. The summed E-state index contributed by atoms with van der Waals surface area (Å²) in [5.74, 6) is -2.76. The molecule has 2 rings (SSSR count). The number of carboxylic acids is 1. The van der Waals surface area contributed by atoms with E-state index < -0.39 is 23.3 Å². The maximum atomic E-state index is 13.4. The summed E-state index contributed by atoms with van der Waals surface area (Å²) in [6.45, 7) is 0. The van der Waals surface area contributed by atoms with Crippen molar-refractivity contribution in [2.24, 2.45) is 0 Å². The molecule has 0 radical (unpaired) electrons. The number of amides is 1. The van der Waals surface area contributed by atoms with Crippen molar-refractivity contribution in [3.8, 4) is 0 Å². The number of anilines is 1. The Morgan fingerprint density at radius 3 is 2.70 bits per heavy atom. The van der Waals surface area contributed by atoms with E-state index in [9.17, 15) is 14.0 Å². The van der Waals surface area contributed by atoms with Gasteiger partial charge in [0.25, 0.3) is 0 Å². The number of carboxylic acid groups (broad SMARTS) is 1. The Morgan fingerprint density at radius 2 is 2.05 bits per heavy atom. The number of nitrogens with zero attached hydrogens (tertiary/aromatic N) is 1. The molecule has 1 heterocycles. The van der Waals surface area contributed by atoms with Crippen LogP contribution in [0.1, 0.15) is 15.9 Å². The van der Waals surface area contributed by atoms with Crippen molar-refractivity contribution in [3.63, 3.8) is 0 Å². The Kier molecular flexibility index (Phi) is 4.05. The molecule has 102 valence electrons. The third-order valence-electron chi connectivity index (χ3n) is 2.59. The van der Waals surface area contributed by atoms with E-state index in [-0.39, 0.29) is 12.1 Å². The maximum absolute atomic E-state index is 13.4. The molecular formula is C14H11FN2O3. The molecule has 0 saturated heterocycles. The first kappa shape index (κ1) is 13.7. The summed E-state index contributed by atoms with van der Waals surface area (Å²) in [5.41, 5.74) is 0.0664. The number of aromatic carboxylic acids is 1. The zero-order chi connectivity index (χ0) is 14.5. The fourth-order valence-corrected chi connectivity index (χ4v) is 1.73. The van der Waals surface area contributed by atoms with Crippen LogP contribution in [0.2, 0.25) is 0 Å². The molecule has 2 N–H and O–H groups in total. The van der Waals surface area contributed by atoms with Gasteiger partial charge in [-0.2, -0.15) is 0 Å². The molecule has 0 aliphatic carbocycles. The van der Waals surface area contributed by atoms with Crippen LogP contribution in [0.15, 0.2) is 42.7 Å². The van der Waals surface area contributed by atoms with E-state index >= 15 is 0 Å². The molecule has 0 fully saturated rings. The number of carbonyl (C=O) groups is 2. The number of hydrogen-bond acceptors (Lipinski definition) is 3. The van der Waals surface area contributed by atoms with Gasteiger partial charge in [0.1, 0.15) is 11.4 Å². The van der Waals surface area contributed by atoms with E-state index in [1.165, 1.54) is 18.3 Å². The second-order valence-corrected chi connectivity index (χ2v) is 4.05. The van der Waals surface area contributed by atoms with Crippen molar-refractivity contribution in [3.05, 3.63) is 59.7 Å². The van der Waals surface area contributed by atoms with Crippen molar-refractivity contribution in [1.29, 1.82) is 0 Å². The Labute approximate surface area is 114 Å². The lowest BCUT2D eigenvalue weighted by Crippen LogP contribution is -2.17. The first-order valence-electron chi connectivity index (χ1n) is 5.78. The molecule has 0 unspecified atom stereocenters. The van der Waals surface area contributed by atoms with Gasteiger partial charge >= 0.3 is 5.97 Å². The predicted octanol–water partition coefficient (Wildman–Crippen LogP) is 2.10. The van der Waals surface area contributed by atoms with E-state index in [2.05, 4.69) is 10.3 Å². The minimum atomic E-state index is -1.43. The second-order valence-electron chi connectivity index (χ2n) is 4.05. The number of pyridine rings is 1. The van der Waals surface area contributed by atoms with Crippen LogP contribution >= 0.6 is 0 Å². The lowest BCUT2D eigenvalue weighted by molar-refractivity contribution is -0.115. The minimum absolute atomic E-state index is 0.0312. The summed E-state index contributed by atoms with van der Waals surface area (Å²) in [6, 6.07) is 7.11. The van der Waals surface area contributed by atoms with Gasteiger partial charge in [-0.25, -0.2) is 9.18 Å². The fourth-order valence-electron chi connectivity index (χ4n) is 1.73. The molecule has 1 aromatic heterocycles. The van der Waals surface area contributed by atoms with Gasteiger partial charge in [-0.1, -0.05) is 12.1 Å². The number of carbonyl (C=O) groups excluding carboxylic acids is 1. The highest BCUT2D eigenvalue weighted by Crippen LogP contribution is 2.19. The van der Waals surface area contributed by atoms with Crippen molar-refractivity contribution in [1.82, 2.24) is 4.98 Å². The van der Waals surface area contributed by atoms with Gasteiger partial charge in [-0.15, -0.1) is 0 Å². The van der Waals surface area contributed by atoms with E-state index in [0.717, 1.165) is 6.07 Å². The lowest BCUT2D eigenvalue weighted by atomic mass is 10.1. The quantitative estimate of drug-likeness (QED) is 0.894. The predicted molar refractivity (Wildman–Crippen MR) is 69.9 cm³/mol. The Morgan fingerprint density at radius 1 is 1.25 bits per heavy atom. The molecule has 6 heteroatoms. The third-order valence-corrected chi connectivity index (χ3v) is 2.59.